The maximum atomic E-state index is 12.2. The van der Waals surface area contributed by atoms with Crippen LogP contribution in [0.2, 0.25) is 0 Å². The number of hydrogen-bond donors (Lipinski definition) is 2. The smallest absolute Gasteiger partial charge is 0.223 e. The normalized spacial score (nSPS) is 43.1. The molecule has 2 aliphatic carbocycles. The van der Waals surface area contributed by atoms with Crippen molar-refractivity contribution >= 4 is 5.91 Å². The van der Waals surface area contributed by atoms with Crippen LogP contribution in [0.4, 0.5) is 0 Å². The van der Waals surface area contributed by atoms with Gasteiger partial charge in [-0.25, -0.2) is 0 Å². The Morgan fingerprint density at radius 1 is 1.22 bits per heavy atom. The third-order valence-electron chi connectivity index (χ3n) is 5.42. The molecular weight excluding hydrogens is 224 g/mol. The van der Waals surface area contributed by atoms with Crippen LogP contribution in [0.15, 0.2) is 0 Å². The SMILES string of the molecule is CC1CC(C(=O)NCC2CC3CCC2C3)CCN1. The number of nitrogens with one attached hydrogen (secondary N) is 2. The fourth-order valence-electron chi connectivity index (χ4n) is 4.37. The zero-order valence-corrected chi connectivity index (χ0v) is 11.5. The van der Waals surface area contributed by atoms with Crippen molar-refractivity contribution in [3.05, 3.63) is 0 Å². The fourth-order valence-corrected chi connectivity index (χ4v) is 4.37. The van der Waals surface area contributed by atoms with Crippen molar-refractivity contribution in [3.63, 3.8) is 0 Å². The maximum absolute atomic E-state index is 12.2. The van der Waals surface area contributed by atoms with Crippen LogP contribution >= 0.6 is 0 Å². The van der Waals surface area contributed by atoms with E-state index in [4.69, 9.17) is 0 Å². The minimum absolute atomic E-state index is 0.250. The van der Waals surface area contributed by atoms with Gasteiger partial charge in [0, 0.05) is 18.5 Å². The highest BCUT2D eigenvalue weighted by atomic mass is 16.1. The van der Waals surface area contributed by atoms with E-state index in [9.17, 15) is 4.79 Å². The Morgan fingerprint density at radius 2 is 2.11 bits per heavy atom. The van der Waals surface area contributed by atoms with Crippen molar-refractivity contribution in [1.29, 1.82) is 0 Å². The number of carbonyl (C=O) groups excluding carboxylic acids is 1. The lowest BCUT2D eigenvalue weighted by molar-refractivity contribution is -0.126. The number of hydrogen-bond acceptors (Lipinski definition) is 2. The van der Waals surface area contributed by atoms with Crippen LogP contribution in [0.1, 0.15) is 45.4 Å². The van der Waals surface area contributed by atoms with E-state index in [1.807, 2.05) is 0 Å². The van der Waals surface area contributed by atoms with Crippen LogP contribution < -0.4 is 10.6 Å². The Morgan fingerprint density at radius 3 is 2.78 bits per heavy atom. The second-order valence-corrected chi connectivity index (χ2v) is 6.76. The second kappa shape index (κ2) is 5.20. The van der Waals surface area contributed by atoms with Gasteiger partial charge in [-0.05, 0) is 63.3 Å². The van der Waals surface area contributed by atoms with Gasteiger partial charge >= 0.3 is 0 Å². The van der Waals surface area contributed by atoms with Gasteiger partial charge in [0.1, 0.15) is 0 Å². The number of carbonyl (C=O) groups is 1. The van der Waals surface area contributed by atoms with Crippen molar-refractivity contribution in [2.24, 2.45) is 23.7 Å². The minimum Gasteiger partial charge on any atom is -0.356 e. The van der Waals surface area contributed by atoms with Gasteiger partial charge in [0.15, 0.2) is 0 Å². The number of rotatable bonds is 3. The molecule has 0 spiro atoms. The summed E-state index contributed by atoms with van der Waals surface area (Å²) in [5, 5.41) is 6.64. The summed E-state index contributed by atoms with van der Waals surface area (Å²) in [4.78, 5) is 12.2. The first-order chi connectivity index (χ1) is 8.72. The summed E-state index contributed by atoms with van der Waals surface area (Å²) in [5.74, 6) is 3.25. The van der Waals surface area contributed by atoms with Crippen molar-refractivity contribution in [1.82, 2.24) is 10.6 Å². The molecule has 2 N–H and O–H groups in total. The molecule has 1 saturated heterocycles. The van der Waals surface area contributed by atoms with Crippen molar-refractivity contribution in [2.45, 2.75) is 51.5 Å². The van der Waals surface area contributed by atoms with Gasteiger partial charge in [0.25, 0.3) is 0 Å². The van der Waals surface area contributed by atoms with Crippen LogP contribution in [0.5, 0.6) is 0 Å². The van der Waals surface area contributed by atoms with Gasteiger partial charge in [-0.2, -0.15) is 0 Å². The highest BCUT2D eigenvalue weighted by Crippen LogP contribution is 2.47. The Kier molecular flexibility index (Phi) is 3.60. The lowest BCUT2D eigenvalue weighted by Crippen LogP contribution is -2.43. The van der Waals surface area contributed by atoms with Gasteiger partial charge in [-0.1, -0.05) is 6.42 Å². The molecule has 1 amide bonds. The lowest BCUT2D eigenvalue weighted by atomic mass is 9.88. The molecule has 3 aliphatic rings. The first-order valence-electron chi connectivity index (χ1n) is 7.73. The largest absolute Gasteiger partial charge is 0.356 e. The molecule has 5 unspecified atom stereocenters. The van der Waals surface area contributed by atoms with Gasteiger partial charge in [-0.15, -0.1) is 0 Å². The standard InChI is InChI=1S/C15H26N2O/c1-10-6-13(4-5-16-10)15(18)17-9-14-8-11-2-3-12(14)7-11/h10-14,16H,2-9H2,1H3,(H,17,18). The quantitative estimate of drug-likeness (QED) is 0.803. The molecule has 1 heterocycles. The van der Waals surface area contributed by atoms with Crippen molar-refractivity contribution in [3.8, 4) is 0 Å². The average molecular weight is 250 g/mol. The topological polar surface area (TPSA) is 41.1 Å². The van der Waals surface area contributed by atoms with E-state index in [1.165, 1.54) is 25.7 Å². The molecule has 0 radical (unpaired) electrons. The van der Waals surface area contributed by atoms with E-state index < -0.39 is 0 Å². The third-order valence-corrected chi connectivity index (χ3v) is 5.42. The van der Waals surface area contributed by atoms with Gasteiger partial charge in [0.05, 0.1) is 0 Å². The van der Waals surface area contributed by atoms with Crippen molar-refractivity contribution < 1.29 is 4.79 Å². The monoisotopic (exact) mass is 250 g/mol. The van der Waals surface area contributed by atoms with Gasteiger partial charge in [0.2, 0.25) is 5.91 Å². The molecule has 1 aliphatic heterocycles. The lowest BCUT2D eigenvalue weighted by Gasteiger charge is -2.28. The molecule has 0 aromatic carbocycles. The summed E-state index contributed by atoms with van der Waals surface area (Å²) >= 11 is 0. The van der Waals surface area contributed by atoms with Crippen molar-refractivity contribution in [2.75, 3.05) is 13.1 Å². The number of fused-ring (bicyclic) bond motifs is 2. The fraction of sp³-hybridized carbons (Fsp3) is 0.933. The van der Waals surface area contributed by atoms with Gasteiger partial charge in [-0.3, -0.25) is 4.79 Å². The highest BCUT2D eigenvalue weighted by molar-refractivity contribution is 5.78. The van der Waals surface area contributed by atoms with E-state index in [-0.39, 0.29) is 5.92 Å². The summed E-state index contributed by atoms with van der Waals surface area (Å²) < 4.78 is 0. The van der Waals surface area contributed by atoms with Crippen LogP contribution in [0, 0.1) is 23.7 Å². The predicted octanol–water partition coefficient (Wildman–Crippen LogP) is 1.93. The Labute approximate surface area is 110 Å². The summed E-state index contributed by atoms with van der Waals surface area (Å²) in [6.07, 6.45) is 7.67. The second-order valence-electron chi connectivity index (χ2n) is 6.76. The summed E-state index contributed by atoms with van der Waals surface area (Å²) in [6.45, 7) is 4.11. The van der Waals surface area contributed by atoms with E-state index in [2.05, 4.69) is 17.6 Å². The first-order valence-corrected chi connectivity index (χ1v) is 7.73. The summed E-state index contributed by atoms with van der Waals surface area (Å²) in [7, 11) is 0. The minimum atomic E-state index is 0.250. The van der Waals surface area contributed by atoms with E-state index in [0.717, 1.165) is 43.7 Å². The molecule has 2 saturated carbocycles. The third kappa shape index (κ3) is 2.56. The first kappa shape index (κ1) is 12.5. The van der Waals surface area contributed by atoms with Crippen LogP contribution in [0.3, 0.4) is 0 Å². The molecular formula is C15H26N2O. The van der Waals surface area contributed by atoms with E-state index in [1.54, 1.807) is 0 Å². The van der Waals surface area contributed by atoms with Crippen LogP contribution in [0.25, 0.3) is 0 Å². The number of amides is 1. The summed E-state index contributed by atoms with van der Waals surface area (Å²) in [6, 6.07) is 0.497. The average Bonchev–Trinajstić information content (AvgIpc) is 2.98. The highest BCUT2D eigenvalue weighted by Gasteiger charge is 2.39. The molecule has 18 heavy (non-hydrogen) atoms. The molecule has 3 heteroatoms. The van der Waals surface area contributed by atoms with Crippen LogP contribution in [-0.4, -0.2) is 25.0 Å². The van der Waals surface area contributed by atoms with E-state index >= 15 is 0 Å². The molecule has 5 atom stereocenters. The summed E-state index contributed by atoms with van der Waals surface area (Å²) in [5.41, 5.74) is 0. The zero-order chi connectivity index (χ0) is 12.5. The predicted molar refractivity (Wildman–Crippen MR) is 72.1 cm³/mol. The Balaban J connectivity index is 1.44. The molecule has 0 aromatic heterocycles. The molecule has 3 fully saturated rings. The van der Waals surface area contributed by atoms with E-state index in [0.29, 0.717) is 11.9 Å². The van der Waals surface area contributed by atoms with Gasteiger partial charge < -0.3 is 10.6 Å². The molecule has 102 valence electrons. The number of piperidine rings is 1. The molecule has 3 nitrogen and oxygen atoms in total. The Hall–Kier alpha value is -0.570. The Bertz CT molecular complexity index is 318. The molecule has 2 bridgehead atoms. The van der Waals surface area contributed by atoms with Crippen LogP contribution in [-0.2, 0) is 4.79 Å². The zero-order valence-electron chi connectivity index (χ0n) is 11.5. The maximum Gasteiger partial charge on any atom is 0.223 e. The molecule has 0 aromatic rings. The molecule has 3 rings (SSSR count).